The van der Waals surface area contributed by atoms with Gasteiger partial charge in [0.1, 0.15) is 5.75 Å². The minimum absolute atomic E-state index is 0.123. The number of hydrogen-bond acceptors (Lipinski definition) is 5. The molecule has 0 fully saturated rings. The Morgan fingerprint density at radius 1 is 1.12 bits per heavy atom. The van der Waals surface area contributed by atoms with Gasteiger partial charge in [0.25, 0.3) is 5.91 Å². The highest BCUT2D eigenvalue weighted by Gasteiger charge is 2.20. The first-order valence-corrected chi connectivity index (χ1v) is 12.1. The molecule has 0 atom stereocenters. The number of H-pyrrole nitrogens is 1. The van der Waals surface area contributed by atoms with Gasteiger partial charge in [0.15, 0.2) is 0 Å². The Labute approximate surface area is 191 Å². The summed E-state index contributed by atoms with van der Waals surface area (Å²) in [6.07, 6.45) is 1.64. The van der Waals surface area contributed by atoms with Gasteiger partial charge in [-0.3, -0.25) is 14.6 Å². The van der Waals surface area contributed by atoms with E-state index < -0.39 is 15.9 Å². The summed E-state index contributed by atoms with van der Waals surface area (Å²) in [6, 6.07) is 17.7. The van der Waals surface area contributed by atoms with Crippen LogP contribution in [0.15, 0.2) is 60.7 Å². The van der Waals surface area contributed by atoms with Gasteiger partial charge in [-0.25, -0.2) is 8.42 Å². The van der Waals surface area contributed by atoms with Crippen LogP contribution in [0, 0.1) is 6.92 Å². The number of aromatic hydroxyl groups is 1. The fourth-order valence-electron chi connectivity index (χ4n) is 3.72. The third-order valence-corrected chi connectivity index (χ3v) is 5.89. The van der Waals surface area contributed by atoms with Crippen LogP contribution in [-0.4, -0.2) is 42.9 Å². The van der Waals surface area contributed by atoms with Gasteiger partial charge >= 0.3 is 0 Å². The molecule has 0 spiro atoms. The van der Waals surface area contributed by atoms with E-state index in [2.05, 4.69) is 21.0 Å². The van der Waals surface area contributed by atoms with Gasteiger partial charge < -0.3 is 10.0 Å². The zero-order valence-electron chi connectivity index (χ0n) is 18.5. The summed E-state index contributed by atoms with van der Waals surface area (Å²) >= 11 is 0. The molecule has 3 aromatic carbocycles. The van der Waals surface area contributed by atoms with Crippen molar-refractivity contribution >= 4 is 38.2 Å². The second-order valence-electron chi connectivity index (χ2n) is 8.04. The number of aromatic amines is 1. The molecule has 1 amide bonds. The molecule has 0 aliphatic heterocycles. The maximum absolute atomic E-state index is 13.2. The molecule has 0 saturated carbocycles. The van der Waals surface area contributed by atoms with Crippen molar-refractivity contribution < 1.29 is 18.3 Å². The Morgan fingerprint density at radius 2 is 1.88 bits per heavy atom. The summed E-state index contributed by atoms with van der Waals surface area (Å²) in [5.74, 6) is -0.607. The molecule has 33 heavy (non-hydrogen) atoms. The molecule has 0 unspecified atom stereocenters. The van der Waals surface area contributed by atoms with E-state index in [-0.39, 0.29) is 11.3 Å². The Morgan fingerprint density at radius 3 is 2.61 bits per heavy atom. The lowest BCUT2D eigenvalue weighted by Gasteiger charge is -2.19. The van der Waals surface area contributed by atoms with E-state index in [0.29, 0.717) is 23.3 Å². The molecule has 0 aliphatic carbocycles. The van der Waals surface area contributed by atoms with Crippen LogP contribution >= 0.6 is 0 Å². The molecule has 4 rings (SSSR count). The third-order valence-electron chi connectivity index (χ3n) is 5.28. The van der Waals surface area contributed by atoms with Crippen molar-refractivity contribution in [1.82, 2.24) is 10.2 Å². The highest BCUT2D eigenvalue weighted by atomic mass is 32.2. The van der Waals surface area contributed by atoms with Crippen molar-refractivity contribution in [2.45, 2.75) is 13.3 Å². The summed E-state index contributed by atoms with van der Waals surface area (Å²) in [5.41, 5.74) is 4.58. The molecule has 1 aromatic heterocycles. The van der Waals surface area contributed by atoms with Crippen molar-refractivity contribution in [2.24, 2.45) is 0 Å². The van der Waals surface area contributed by atoms with Crippen LogP contribution in [0.5, 0.6) is 5.75 Å². The normalized spacial score (nSPS) is 11.5. The number of fused-ring (bicyclic) bond motifs is 1. The Kier molecular flexibility index (Phi) is 5.82. The van der Waals surface area contributed by atoms with E-state index in [9.17, 15) is 18.3 Å². The quantitative estimate of drug-likeness (QED) is 0.401. The van der Waals surface area contributed by atoms with Crippen LogP contribution < -0.4 is 9.62 Å². The molecule has 0 aliphatic rings. The SMILES string of the molecule is Cc1cccc(Cc2n[nH]c3cc(O)c(C(=O)N(C)c4cccc(NS(C)(=O)=O)c4)cc23)c1. The molecule has 1 heterocycles. The first kappa shape index (κ1) is 22.3. The number of anilines is 2. The monoisotopic (exact) mass is 464 g/mol. The molecule has 8 nitrogen and oxygen atoms in total. The highest BCUT2D eigenvalue weighted by molar-refractivity contribution is 7.92. The summed E-state index contributed by atoms with van der Waals surface area (Å²) < 4.78 is 25.5. The van der Waals surface area contributed by atoms with Crippen LogP contribution in [0.3, 0.4) is 0 Å². The van der Waals surface area contributed by atoms with E-state index in [0.717, 1.165) is 28.5 Å². The fraction of sp³-hybridized carbons (Fsp3) is 0.167. The van der Waals surface area contributed by atoms with E-state index in [1.807, 2.05) is 25.1 Å². The minimum atomic E-state index is -3.45. The molecule has 0 radical (unpaired) electrons. The van der Waals surface area contributed by atoms with Crippen molar-refractivity contribution in [3.8, 4) is 5.75 Å². The Bertz CT molecular complexity index is 1460. The van der Waals surface area contributed by atoms with Gasteiger partial charge in [-0.2, -0.15) is 5.10 Å². The van der Waals surface area contributed by atoms with Crippen molar-refractivity contribution in [3.05, 3.63) is 83.0 Å². The van der Waals surface area contributed by atoms with Crippen molar-refractivity contribution in [1.29, 1.82) is 0 Å². The molecule has 3 N–H and O–H groups in total. The van der Waals surface area contributed by atoms with Crippen molar-refractivity contribution in [2.75, 3.05) is 22.9 Å². The molecule has 4 aromatic rings. The average Bonchev–Trinajstić information content (AvgIpc) is 3.12. The van der Waals surface area contributed by atoms with Gasteiger partial charge in [-0.05, 0) is 36.8 Å². The maximum atomic E-state index is 13.2. The van der Waals surface area contributed by atoms with Crippen LogP contribution in [0.25, 0.3) is 10.9 Å². The predicted octanol–water partition coefficient (Wildman–Crippen LogP) is 3.82. The smallest absolute Gasteiger partial charge is 0.261 e. The largest absolute Gasteiger partial charge is 0.507 e. The van der Waals surface area contributed by atoms with Crippen LogP contribution in [-0.2, 0) is 16.4 Å². The second-order valence-corrected chi connectivity index (χ2v) is 9.79. The fourth-order valence-corrected chi connectivity index (χ4v) is 4.27. The third kappa shape index (κ3) is 4.98. The summed E-state index contributed by atoms with van der Waals surface area (Å²) in [7, 11) is -1.89. The number of carbonyl (C=O) groups is 1. The zero-order valence-corrected chi connectivity index (χ0v) is 19.3. The lowest BCUT2D eigenvalue weighted by Crippen LogP contribution is -2.26. The number of amides is 1. The number of rotatable bonds is 6. The van der Waals surface area contributed by atoms with Gasteiger partial charge in [-0.15, -0.1) is 0 Å². The maximum Gasteiger partial charge on any atom is 0.261 e. The van der Waals surface area contributed by atoms with Gasteiger partial charge in [0, 0.05) is 30.6 Å². The van der Waals surface area contributed by atoms with Crippen molar-refractivity contribution in [3.63, 3.8) is 0 Å². The first-order valence-electron chi connectivity index (χ1n) is 10.2. The lowest BCUT2D eigenvalue weighted by atomic mass is 10.0. The Hall–Kier alpha value is -3.85. The van der Waals surface area contributed by atoms with Crippen LogP contribution in [0.4, 0.5) is 11.4 Å². The Balaban J connectivity index is 1.67. The molecule has 170 valence electrons. The number of nitrogens with one attached hydrogen (secondary N) is 2. The summed E-state index contributed by atoms with van der Waals surface area (Å²) in [4.78, 5) is 14.6. The number of nitrogens with zero attached hydrogens (tertiary/aromatic N) is 2. The van der Waals surface area contributed by atoms with E-state index in [1.54, 1.807) is 37.4 Å². The van der Waals surface area contributed by atoms with E-state index >= 15 is 0 Å². The molecule has 0 bridgehead atoms. The highest BCUT2D eigenvalue weighted by Crippen LogP contribution is 2.29. The molecule has 0 saturated heterocycles. The minimum Gasteiger partial charge on any atom is -0.507 e. The zero-order chi connectivity index (χ0) is 23.8. The molecular weight excluding hydrogens is 440 g/mol. The summed E-state index contributed by atoms with van der Waals surface area (Å²) in [5, 5.41) is 18.6. The predicted molar refractivity (Wildman–Crippen MR) is 129 cm³/mol. The number of sulfonamides is 1. The number of benzene rings is 3. The lowest BCUT2D eigenvalue weighted by molar-refractivity contribution is 0.0990. The van der Waals surface area contributed by atoms with Gasteiger partial charge in [-0.1, -0.05) is 35.9 Å². The number of phenols is 1. The average molecular weight is 465 g/mol. The van der Waals surface area contributed by atoms with Crippen LogP contribution in [0.2, 0.25) is 0 Å². The first-order chi connectivity index (χ1) is 15.6. The number of aryl methyl sites for hydroxylation is 1. The number of hydrogen-bond donors (Lipinski definition) is 3. The van der Waals surface area contributed by atoms with E-state index in [4.69, 9.17) is 0 Å². The van der Waals surface area contributed by atoms with Gasteiger partial charge in [0.2, 0.25) is 10.0 Å². The molecular formula is C24H24N4O4S. The topological polar surface area (TPSA) is 115 Å². The number of carbonyl (C=O) groups excluding carboxylic acids is 1. The van der Waals surface area contributed by atoms with E-state index in [1.165, 1.54) is 11.0 Å². The standard InChI is InChI=1S/C24H24N4O4S/c1-15-6-4-7-16(10-15)11-21-19-13-20(23(29)14-22(19)26-25-21)24(30)28(2)18-9-5-8-17(12-18)27-33(3,31)32/h4-10,12-14,27,29H,11H2,1-3H3,(H,25,26). The summed E-state index contributed by atoms with van der Waals surface area (Å²) in [6.45, 7) is 2.03. The molecule has 9 heteroatoms. The number of aromatic nitrogens is 2. The second kappa shape index (κ2) is 8.59. The number of phenolic OH excluding ortho intramolecular Hbond substituents is 1. The van der Waals surface area contributed by atoms with Gasteiger partial charge in [0.05, 0.1) is 28.7 Å². The van der Waals surface area contributed by atoms with Crippen LogP contribution in [0.1, 0.15) is 27.2 Å².